The van der Waals surface area contributed by atoms with Gasteiger partial charge in [0, 0.05) is 35.9 Å². The summed E-state index contributed by atoms with van der Waals surface area (Å²) in [6.45, 7) is 8.22. The van der Waals surface area contributed by atoms with E-state index in [1.807, 2.05) is 45.9 Å². The molecule has 33 heavy (non-hydrogen) atoms. The Bertz CT molecular complexity index is 1080. The van der Waals surface area contributed by atoms with Gasteiger partial charge in [-0.05, 0) is 75.8 Å². The number of rotatable bonds is 6. The van der Waals surface area contributed by atoms with Crippen LogP contribution in [0.2, 0.25) is 5.02 Å². The van der Waals surface area contributed by atoms with Crippen LogP contribution in [0.5, 0.6) is 0 Å². The van der Waals surface area contributed by atoms with E-state index in [9.17, 15) is 9.59 Å². The second-order valence-electron chi connectivity index (χ2n) is 9.99. The van der Waals surface area contributed by atoms with Crippen LogP contribution in [0.25, 0.3) is 11.1 Å². The highest BCUT2D eigenvalue weighted by Crippen LogP contribution is 2.33. The summed E-state index contributed by atoms with van der Waals surface area (Å²) in [6.07, 6.45) is 5.21. The molecule has 4 rings (SSSR count). The number of carbonyl (C=O) groups excluding carboxylic acids is 1. The fraction of sp³-hybridized carbons (Fsp3) is 0.538. The number of fused-ring (bicyclic) bond motifs is 3. The number of ether oxygens (including phenoxy) is 3. The third-order valence-corrected chi connectivity index (χ3v) is 6.07. The van der Waals surface area contributed by atoms with Crippen molar-refractivity contribution in [1.29, 1.82) is 0 Å². The Morgan fingerprint density at radius 1 is 1.21 bits per heavy atom. The van der Waals surface area contributed by atoms with Crippen molar-refractivity contribution in [3.05, 3.63) is 57.0 Å². The van der Waals surface area contributed by atoms with E-state index in [2.05, 4.69) is 0 Å². The summed E-state index contributed by atoms with van der Waals surface area (Å²) < 4.78 is 19.0. The standard InChI is InChI=1S/C26H32ClNO5/c1-16-11-17-5-6-19(27)12-21(17)22-13-24(29)28(14-18(22)15-32-16)23(9-10-31-20-7-8-20)25(30)33-26(2,3)4/h5-6,12-14,16,20,23H,7-11,15H2,1-4H3/t16-,23?/m1/s1. The minimum atomic E-state index is -0.775. The fourth-order valence-electron chi connectivity index (χ4n) is 4.10. The van der Waals surface area contributed by atoms with Crippen LogP contribution in [0, 0.1) is 0 Å². The Morgan fingerprint density at radius 2 is 1.94 bits per heavy atom. The summed E-state index contributed by atoms with van der Waals surface area (Å²) >= 11 is 6.30. The Labute approximate surface area is 199 Å². The van der Waals surface area contributed by atoms with E-state index >= 15 is 0 Å². The molecular weight excluding hydrogens is 442 g/mol. The van der Waals surface area contributed by atoms with E-state index in [0.717, 1.165) is 41.5 Å². The van der Waals surface area contributed by atoms with Gasteiger partial charge in [-0.15, -0.1) is 0 Å². The molecule has 2 aromatic rings. The summed E-state index contributed by atoms with van der Waals surface area (Å²) in [7, 11) is 0. The molecule has 0 amide bonds. The van der Waals surface area contributed by atoms with Crippen molar-refractivity contribution >= 4 is 17.6 Å². The number of halogens is 1. The first kappa shape index (κ1) is 24.0. The third-order valence-electron chi connectivity index (χ3n) is 5.84. The van der Waals surface area contributed by atoms with Crippen LogP contribution in [0.3, 0.4) is 0 Å². The molecule has 1 saturated carbocycles. The lowest BCUT2D eigenvalue weighted by Crippen LogP contribution is -2.36. The molecule has 1 aromatic heterocycles. The van der Waals surface area contributed by atoms with E-state index in [-0.39, 0.29) is 17.8 Å². The number of hydrogen-bond donors (Lipinski definition) is 0. The molecule has 0 spiro atoms. The second kappa shape index (κ2) is 9.61. The molecule has 1 aliphatic heterocycles. The summed E-state index contributed by atoms with van der Waals surface area (Å²) in [6, 6.07) is 6.54. The molecule has 1 aromatic carbocycles. The molecule has 7 heteroatoms. The minimum Gasteiger partial charge on any atom is -0.458 e. The van der Waals surface area contributed by atoms with Gasteiger partial charge in [-0.1, -0.05) is 17.7 Å². The molecule has 2 heterocycles. The Kier molecular flexibility index (Phi) is 6.99. The van der Waals surface area contributed by atoms with E-state index in [0.29, 0.717) is 24.7 Å². The lowest BCUT2D eigenvalue weighted by Gasteiger charge is -2.27. The maximum atomic E-state index is 13.3. The maximum absolute atomic E-state index is 13.3. The summed E-state index contributed by atoms with van der Waals surface area (Å²) in [4.78, 5) is 26.4. The van der Waals surface area contributed by atoms with Crippen LogP contribution in [0.1, 0.15) is 64.1 Å². The molecule has 0 saturated heterocycles. The molecule has 178 valence electrons. The molecule has 1 unspecified atom stereocenters. The van der Waals surface area contributed by atoms with Crippen molar-refractivity contribution < 1.29 is 19.0 Å². The van der Waals surface area contributed by atoms with Crippen LogP contribution >= 0.6 is 11.6 Å². The van der Waals surface area contributed by atoms with Crippen molar-refractivity contribution in [2.75, 3.05) is 6.61 Å². The zero-order valence-corrected chi connectivity index (χ0v) is 20.5. The predicted molar refractivity (Wildman–Crippen MR) is 128 cm³/mol. The normalized spacial score (nSPS) is 19.1. The summed E-state index contributed by atoms with van der Waals surface area (Å²) in [5.74, 6) is -0.437. The van der Waals surface area contributed by atoms with Gasteiger partial charge >= 0.3 is 5.97 Å². The van der Waals surface area contributed by atoms with E-state index in [1.165, 1.54) is 4.57 Å². The van der Waals surface area contributed by atoms with Crippen molar-refractivity contribution in [3.63, 3.8) is 0 Å². The van der Waals surface area contributed by atoms with Gasteiger partial charge in [-0.2, -0.15) is 0 Å². The van der Waals surface area contributed by atoms with E-state index in [4.69, 9.17) is 25.8 Å². The monoisotopic (exact) mass is 473 g/mol. The number of pyridine rings is 1. The van der Waals surface area contributed by atoms with Crippen LogP contribution in [0.15, 0.2) is 35.3 Å². The molecule has 6 nitrogen and oxygen atoms in total. The molecular formula is C26H32ClNO5. The molecule has 2 aliphatic rings. The number of aromatic nitrogens is 1. The van der Waals surface area contributed by atoms with Gasteiger partial charge < -0.3 is 18.8 Å². The quantitative estimate of drug-likeness (QED) is 0.547. The zero-order valence-electron chi connectivity index (χ0n) is 19.7. The summed E-state index contributed by atoms with van der Waals surface area (Å²) in [5, 5.41) is 0.613. The second-order valence-corrected chi connectivity index (χ2v) is 10.4. The fourth-order valence-corrected chi connectivity index (χ4v) is 4.27. The highest BCUT2D eigenvalue weighted by molar-refractivity contribution is 6.30. The van der Waals surface area contributed by atoms with Crippen molar-refractivity contribution in [2.45, 2.75) is 83.8 Å². The molecule has 0 N–H and O–H groups in total. The first-order chi connectivity index (χ1) is 15.6. The lowest BCUT2D eigenvalue weighted by atomic mass is 9.92. The first-order valence-electron chi connectivity index (χ1n) is 11.6. The Morgan fingerprint density at radius 3 is 2.64 bits per heavy atom. The molecule has 0 bridgehead atoms. The average Bonchev–Trinajstić information content (AvgIpc) is 3.54. The van der Waals surface area contributed by atoms with Crippen molar-refractivity contribution in [2.24, 2.45) is 0 Å². The number of esters is 1. The average molecular weight is 474 g/mol. The SMILES string of the molecule is C[C@@H]1Cc2ccc(Cl)cc2-c2cc(=O)n(C(CCOC3CC3)C(=O)OC(C)(C)C)cc2CO1. The Hall–Kier alpha value is -2.15. The smallest absolute Gasteiger partial charge is 0.329 e. The summed E-state index contributed by atoms with van der Waals surface area (Å²) in [5.41, 5.74) is 2.71. The highest BCUT2D eigenvalue weighted by atomic mass is 35.5. The molecule has 1 fully saturated rings. The largest absolute Gasteiger partial charge is 0.458 e. The zero-order chi connectivity index (χ0) is 23.8. The number of hydrogen-bond acceptors (Lipinski definition) is 5. The van der Waals surface area contributed by atoms with Gasteiger partial charge in [-0.25, -0.2) is 4.79 Å². The van der Waals surface area contributed by atoms with Gasteiger partial charge in [0.05, 0.1) is 18.8 Å². The van der Waals surface area contributed by atoms with Gasteiger partial charge in [-0.3, -0.25) is 4.79 Å². The van der Waals surface area contributed by atoms with Crippen LogP contribution in [-0.4, -0.2) is 35.0 Å². The number of benzene rings is 1. The van der Waals surface area contributed by atoms with Gasteiger partial charge in [0.25, 0.3) is 5.56 Å². The van der Waals surface area contributed by atoms with Crippen molar-refractivity contribution in [3.8, 4) is 11.1 Å². The predicted octanol–water partition coefficient (Wildman–Crippen LogP) is 5.08. The van der Waals surface area contributed by atoms with Gasteiger partial charge in [0.2, 0.25) is 0 Å². The molecule has 2 atom stereocenters. The van der Waals surface area contributed by atoms with E-state index in [1.54, 1.807) is 12.3 Å². The van der Waals surface area contributed by atoms with Crippen LogP contribution < -0.4 is 5.56 Å². The minimum absolute atomic E-state index is 0.00653. The number of carbonyl (C=O) groups is 1. The molecule has 0 radical (unpaired) electrons. The highest BCUT2D eigenvalue weighted by Gasteiger charge is 2.30. The van der Waals surface area contributed by atoms with Gasteiger partial charge in [0.15, 0.2) is 0 Å². The van der Waals surface area contributed by atoms with Crippen LogP contribution in [-0.2, 0) is 32.0 Å². The van der Waals surface area contributed by atoms with Crippen molar-refractivity contribution in [1.82, 2.24) is 4.57 Å². The number of nitrogens with zero attached hydrogens (tertiary/aromatic N) is 1. The van der Waals surface area contributed by atoms with E-state index < -0.39 is 17.6 Å². The maximum Gasteiger partial charge on any atom is 0.329 e. The van der Waals surface area contributed by atoms with Crippen LogP contribution in [0.4, 0.5) is 0 Å². The molecule has 1 aliphatic carbocycles. The van der Waals surface area contributed by atoms with Gasteiger partial charge in [0.1, 0.15) is 11.6 Å². The topological polar surface area (TPSA) is 66.8 Å². The Balaban J connectivity index is 1.74. The first-order valence-corrected chi connectivity index (χ1v) is 12.0. The lowest BCUT2D eigenvalue weighted by molar-refractivity contribution is -0.159. The third kappa shape index (κ3) is 6.05.